The van der Waals surface area contributed by atoms with E-state index in [2.05, 4.69) is 4.90 Å². The maximum Gasteiger partial charge on any atom is 0.240 e. The molecule has 92 valence electrons. The minimum Gasteiger partial charge on any atom is -0.339 e. The standard InChI is InChI=1S/C12H21ClN2O/c1-2-11(13)12(16)15-8-6-14(7-9-15)10-4-3-5-10/h10-11H,2-9H2,1H3/t11-/m0/s1. The van der Waals surface area contributed by atoms with Crippen LogP contribution in [0.15, 0.2) is 0 Å². The van der Waals surface area contributed by atoms with Crippen LogP contribution in [0.2, 0.25) is 0 Å². The molecule has 1 saturated heterocycles. The third-order valence-corrected chi connectivity index (χ3v) is 4.34. The van der Waals surface area contributed by atoms with Crippen LogP contribution < -0.4 is 0 Å². The second-order valence-corrected chi connectivity index (χ2v) is 5.35. The zero-order valence-electron chi connectivity index (χ0n) is 9.99. The van der Waals surface area contributed by atoms with Crippen molar-refractivity contribution in [1.82, 2.24) is 9.80 Å². The monoisotopic (exact) mass is 244 g/mol. The summed E-state index contributed by atoms with van der Waals surface area (Å²) in [5.41, 5.74) is 0. The van der Waals surface area contributed by atoms with E-state index in [-0.39, 0.29) is 11.3 Å². The number of piperazine rings is 1. The van der Waals surface area contributed by atoms with E-state index in [4.69, 9.17) is 11.6 Å². The Kier molecular flexibility index (Phi) is 4.09. The second kappa shape index (κ2) is 5.37. The lowest BCUT2D eigenvalue weighted by Crippen LogP contribution is -2.54. The molecular formula is C12H21ClN2O. The molecule has 0 spiro atoms. The lowest BCUT2D eigenvalue weighted by Gasteiger charge is -2.43. The molecule has 0 aromatic heterocycles. The molecule has 1 heterocycles. The number of amides is 1. The largest absolute Gasteiger partial charge is 0.339 e. The molecule has 3 nitrogen and oxygen atoms in total. The molecule has 1 atom stereocenters. The van der Waals surface area contributed by atoms with E-state index in [1.54, 1.807) is 0 Å². The van der Waals surface area contributed by atoms with Crippen LogP contribution in [0.3, 0.4) is 0 Å². The summed E-state index contributed by atoms with van der Waals surface area (Å²) >= 11 is 5.98. The third kappa shape index (κ3) is 2.51. The van der Waals surface area contributed by atoms with Crippen LogP contribution in [0.1, 0.15) is 32.6 Å². The highest BCUT2D eigenvalue weighted by Crippen LogP contribution is 2.25. The second-order valence-electron chi connectivity index (χ2n) is 4.82. The summed E-state index contributed by atoms with van der Waals surface area (Å²) in [4.78, 5) is 16.3. The molecule has 2 aliphatic rings. The van der Waals surface area contributed by atoms with Gasteiger partial charge in [-0.2, -0.15) is 0 Å². The maximum absolute atomic E-state index is 11.9. The van der Waals surface area contributed by atoms with Crippen molar-refractivity contribution in [3.05, 3.63) is 0 Å². The fourth-order valence-corrected chi connectivity index (χ4v) is 2.57. The minimum atomic E-state index is -0.324. The molecular weight excluding hydrogens is 224 g/mol. The van der Waals surface area contributed by atoms with Gasteiger partial charge in [-0.25, -0.2) is 0 Å². The van der Waals surface area contributed by atoms with Crippen LogP contribution in [0.25, 0.3) is 0 Å². The molecule has 0 aromatic carbocycles. The Hall–Kier alpha value is -0.280. The molecule has 0 radical (unpaired) electrons. The molecule has 1 saturated carbocycles. The van der Waals surface area contributed by atoms with E-state index < -0.39 is 0 Å². The zero-order valence-corrected chi connectivity index (χ0v) is 10.7. The number of rotatable bonds is 3. The van der Waals surface area contributed by atoms with Crippen LogP contribution in [0.4, 0.5) is 0 Å². The van der Waals surface area contributed by atoms with Gasteiger partial charge in [0.1, 0.15) is 5.38 Å². The van der Waals surface area contributed by atoms with Gasteiger partial charge in [-0.15, -0.1) is 11.6 Å². The van der Waals surface area contributed by atoms with Crippen LogP contribution in [0, 0.1) is 0 Å². The molecule has 2 rings (SSSR count). The van der Waals surface area contributed by atoms with E-state index in [0.717, 1.165) is 38.6 Å². The first kappa shape index (κ1) is 12.2. The number of nitrogens with zero attached hydrogens (tertiary/aromatic N) is 2. The highest BCUT2D eigenvalue weighted by molar-refractivity contribution is 6.30. The van der Waals surface area contributed by atoms with Gasteiger partial charge in [-0.3, -0.25) is 9.69 Å². The normalized spacial score (nSPS) is 25.2. The Bertz CT molecular complexity index is 247. The van der Waals surface area contributed by atoms with Crippen molar-refractivity contribution in [2.24, 2.45) is 0 Å². The average molecular weight is 245 g/mol. The topological polar surface area (TPSA) is 23.6 Å². The summed E-state index contributed by atoms with van der Waals surface area (Å²) < 4.78 is 0. The van der Waals surface area contributed by atoms with E-state index in [9.17, 15) is 4.79 Å². The number of hydrogen-bond acceptors (Lipinski definition) is 2. The van der Waals surface area contributed by atoms with E-state index in [1.165, 1.54) is 19.3 Å². The fraction of sp³-hybridized carbons (Fsp3) is 0.917. The molecule has 0 bridgehead atoms. The van der Waals surface area contributed by atoms with Gasteiger partial charge in [0.15, 0.2) is 0 Å². The predicted octanol–water partition coefficient (Wildman–Crippen LogP) is 1.70. The van der Waals surface area contributed by atoms with Crippen LogP contribution in [-0.2, 0) is 4.79 Å². The maximum atomic E-state index is 11.9. The Morgan fingerprint density at radius 2 is 1.94 bits per heavy atom. The van der Waals surface area contributed by atoms with E-state index in [1.807, 2.05) is 11.8 Å². The first-order chi connectivity index (χ1) is 7.72. The van der Waals surface area contributed by atoms with Crippen molar-refractivity contribution in [2.45, 2.75) is 44.0 Å². The lowest BCUT2D eigenvalue weighted by atomic mass is 9.91. The number of halogens is 1. The van der Waals surface area contributed by atoms with Gasteiger partial charge < -0.3 is 4.90 Å². The van der Waals surface area contributed by atoms with Crippen molar-refractivity contribution in [2.75, 3.05) is 26.2 Å². The van der Waals surface area contributed by atoms with Crippen molar-refractivity contribution >= 4 is 17.5 Å². The smallest absolute Gasteiger partial charge is 0.240 e. The highest BCUT2D eigenvalue weighted by Gasteiger charge is 2.30. The Morgan fingerprint density at radius 3 is 2.38 bits per heavy atom. The van der Waals surface area contributed by atoms with Crippen molar-refractivity contribution in [1.29, 1.82) is 0 Å². The van der Waals surface area contributed by atoms with Crippen LogP contribution >= 0.6 is 11.6 Å². The van der Waals surface area contributed by atoms with Crippen molar-refractivity contribution < 1.29 is 4.79 Å². The predicted molar refractivity (Wildman–Crippen MR) is 65.7 cm³/mol. The van der Waals surface area contributed by atoms with Gasteiger partial charge in [0.05, 0.1) is 0 Å². The van der Waals surface area contributed by atoms with Gasteiger partial charge in [0.25, 0.3) is 0 Å². The summed E-state index contributed by atoms with van der Waals surface area (Å²) in [5.74, 6) is 0.123. The first-order valence-corrected chi connectivity index (χ1v) is 6.83. The van der Waals surface area contributed by atoms with Crippen LogP contribution in [-0.4, -0.2) is 53.3 Å². The van der Waals surface area contributed by atoms with Gasteiger partial charge in [-0.1, -0.05) is 13.3 Å². The van der Waals surface area contributed by atoms with Gasteiger partial charge >= 0.3 is 0 Å². The quantitative estimate of drug-likeness (QED) is 0.706. The Labute approximate surface area is 103 Å². The molecule has 0 N–H and O–H groups in total. The molecule has 16 heavy (non-hydrogen) atoms. The van der Waals surface area contributed by atoms with Crippen LogP contribution in [0.5, 0.6) is 0 Å². The van der Waals surface area contributed by atoms with Gasteiger partial charge in [-0.05, 0) is 19.3 Å². The minimum absolute atomic E-state index is 0.123. The Morgan fingerprint density at radius 1 is 1.31 bits per heavy atom. The summed E-state index contributed by atoms with van der Waals surface area (Å²) in [6.45, 7) is 5.74. The van der Waals surface area contributed by atoms with E-state index in [0.29, 0.717) is 0 Å². The summed E-state index contributed by atoms with van der Waals surface area (Å²) in [6, 6.07) is 0.801. The summed E-state index contributed by atoms with van der Waals surface area (Å²) in [6.07, 6.45) is 4.80. The number of carbonyl (C=O) groups is 1. The lowest BCUT2D eigenvalue weighted by molar-refractivity contribution is -0.133. The molecule has 1 aliphatic carbocycles. The number of carbonyl (C=O) groups excluding carboxylic acids is 1. The fourth-order valence-electron chi connectivity index (χ4n) is 2.43. The number of alkyl halides is 1. The summed E-state index contributed by atoms with van der Waals surface area (Å²) in [7, 11) is 0. The molecule has 2 fully saturated rings. The molecule has 0 aromatic rings. The molecule has 1 aliphatic heterocycles. The van der Waals surface area contributed by atoms with Gasteiger partial charge in [0, 0.05) is 32.2 Å². The zero-order chi connectivity index (χ0) is 11.5. The van der Waals surface area contributed by atoms with E-state index >= 15 is 0 Å². The first-order valence-electron chi connectivity index (χ1n) is 6.39. The molecule has 1 amide bonds. The third-order valence-electron chi connectivity index (χ3n) is 3.84. The average Bonchev–Trinajstić information content (AvgIpc) is 2.26. The summed E-state index contributed by atoms with van der Waals surface area (Å²) in [5, 5.41) is -0.324. The van der Waals surface area contributed by atoms with Crippen molar-refractivity contribution in [3.8, 4) is 0 Å². The SMILES string of the molecule is CC[C@H](Cl)C(=O)N1CCN(C2CCC2)CC1. The van der Waals surface area contributed by atoms with Gasteiger partial charge in [0.2, 0.25) is 5.91 Å². The molecule has 4 heteroatoms. The number of hydrogen-bond donors (Lipinski definition) is 0. The molecule has 0 unspecified atom stereocenters. The highest BCUT2D eigenvalue weighted by atomic mass is 35.5. The Balaban J connectivity index is 1.77. The van der Waals surface area contributed by atoms with Crippen molar-refractivity contribution in [3.63, 3.8) is 0 Å².